The highest BCUT2D eigenvalue weighted by Gasteiger charge is 2.33. The van der Waals surface area contributed by atoms with Gasteiger partial charge < -0.3 is 20.5 Å². The summed E-state index contributed by atoms with van der Waals surface area (Å²) in [4.78, 5) is 25.9. The third-order valence-electron chi connectivity index (χ3n) is 7.22. The fraction of sp³-hybridized carbons (Fsp3) is 0.480. The number of benzene rings is 1. The number of hydrogen-bond acceptors (Lipinski definition) is 4. The number of likely N-dealkylation sites (tertiary alicyclic amines) is 1. The van der Waals surface area contributed by atoms with Gasteiger partial charge in [-0.2, -0.15) is 0 Å². The number of rotatable bonds is 4. The molecule has 2 amide bonds. The summed E-state index contributed by atoms with van der Waals surface area (Å²) in [5.41, 5.74) is 0.514. The van der Waals surface area contributed by atoms with Gasteiger partial charge in [0, 0.05) is 47.4 Å². The largest absolute Gasteiger partial charge is 0.365 e. The van der Waals surface area contributed by atoms with E-state index in [2.05, 4.69) is 39.4 Å². The molecule has 3 aromatic rings. The third kappa shape index (κ3) is 4.66. The van der Waals surface area contributed by atoms with Gasteiger partial charge in [0.15, 0.2) is 17.5 Å². The summed E-state index contributed by atoms with van der Waals surface area (Å²) in [5, 5.41) is 6.61. The Morgan fingerprint density at radius 1 is 1.06 bits per heavy atom. The number of aromatic nitrogens is 3. The van der Waals surface area contributed by atoms with E-state index in [9.17, 15) is 18.0 Å². The molecular weight excluding hydrogens is 457 g/mol. The van der Waals surface area contributed by atoms with E-state index in [1.54, 1.807) is 0 Å². The molecule has 0 unspecified atom stereocenters. The Morgan fingerprint density at radius 3 is 2.57 bits per heavy atom. The average Bonchev–Trinajstić information content (AvgIpc) is 3.38. The number of urea groups is 1. The van der Waals surface area contributed by atoms with Crippen molar-refractivity contribution in [2.75, 3.05) is 5.32 Å². The average molecular weight is 487 g/mol. The smallest absolute Gasteiger partial charge is 0.318 e. The molecule has 0 radical (unpaired) electrons. The van der Waals surface area contributed by atoms with Crippen molar-refractivity contribution in [2.24, 2.45) is 0 Å². The summed E-state index contributed by atoms with van der Waals surface area (Å²) >= 11 is 0. The highest BCUT2D eigenvalue weighted by molar-refractivity contribution is 5.94. The molecule has 186 valence electrons. The number of carbonyl (C=O) groups is 1. The van der Waals surface area contributed by atoms with Crippen molar-refractivity contribution in [3.8, 4) is 11.4 Å². The molecule has 5 rings (SSSR count). The summed E-state index contributed by atoms with van der Waals surface area (Å²) in [5.74, 6) is -1.87. The lowest BCUT2D eigenvalue weighted by Gasteiger charge is -2.34. The van der Waals surface area contributed by atoms with E-state index < -0.39 is 17.5 Å². The van der Waals surface area contributed by atoms with Gasteiger partial charge in [-0.15, -0.1) is 0 Å². The van der Waals surface area contributed by atoms with Crippen LogP contribution in [0.15, 0.2) is 24.5 Å². The fourth-order valence-electron chi connectivity index (χ4n) is 5.43. The van der Waals surface area contributed by atoms with Crippen LogP contribution in [0.3, 0.4) is 0 Å². The minimum absolute atomic E-state index is 0.0160. The number of fused-ring (bicyclic) bond motifs is 1. The molecule has 10 heteroatoms. The van der Waals surface area contributed by atoms with Crippen LogP contribution in [0.5, 0.6) is 0 Å². The van der Waals surface area contributed by atoms with Crippen molar-refractivity contribution in [1.29, 1.82) is 0 Å². The highest BCUT2D eigenvalue weighted by atomic mass is 19.1. The number of H-pyrrole nitrogens is 1. The van der Waals surface area contributed by atoms with Gasteiger partial charge in [0.05, 0.1) is 11.7 Å². The molecule has 4 atom stereocenters. The van der Waals surface area contributed by atoms with Crippen LogP contribution >= 0.6 is 0 Å². The van der Waals surface area contributed by atoms with Crippen molar-refractivity contribution < 1.29 is 18.0 Å². The van der Waals surface area contributed by atoms with Crippen LogP contribution in [0, 0.1) is 17.5 Å². The zero-order valence-corrected chi connectivity index (χ0v) is 19.7. The van der Waals surface area contributed by atoms with Gasteiger partial charge in [-0.1, -0.05) is 0 Å². The summed E-state index contributed by atoms with van der Waals surface area (Å²) in [7, 11) is 0. The molecule has 2 aliphatic rings. The number of anilines is 1. The molecule has 1 saturated heterocycles. The molecular formula is C25H29F3N6O. The van der Waals surface area contributed by atoms with Crippen LogP contribution in [-0.4, -0.2) is 50.1 Å². The van der Waals surface area contributed by atoms with Gasteiger partial charge in [-0.05, 0) is 58.4 Å². The molecule has 0 spiro atoms. The minimum Gasteiger partial charge on any atom is -0.365 e. The second kappa shape index (κ2) is 9.39. The summed E-state index contributed by atoms with van der Waals surface area (Å²) in [6.45, 7) is 4.14. The number of nitrogens with zero attached hydrogens (tertiary/aromatic N) is 3. The molecule has 1 aliphatic carbocycles. The second-order valence-electron chi connectivity index (χ2n) is 9.74. The van der Waals surface area contributed by atoms with Crippen molar-refractivity contribution in [3.05, 3.63) is 42.0 Å². The molecule has 3 heterocycles. The molecule has 2 aromatic heterocycles. The lowest BCUT2D eigenvalue weighted by molar-refractivity contribution is 0.172. The van der Waals surface area contributed by atoms with Gasteiger partial charge in [0.1, 0.15) is 11.6 Å². The molecule has 1 saturated carbocycles. The number of carbonyl (C=O) groups excluding carboxylic acids is 1. The van der Waals surface area contributed by atoms with Crippen LogP contribution in [0.1, 0.15) is 52.4 Å². The monoisotopic (exact) mass is 486 g/mol. The number of halogens is 3. The van der Waals surface area contributed by atoms with Crippen LogP contribution in [-0.2, 0) is 0 Å². The molecule has 1 aliphatic heterocycles. The standard InChI is InChI=1S/C25H29F3N6O/c1-13-6-7-14(2)34(13)25(35)32-17-5-3-4-16(10-17)31-24-21(28)12-30-23(33-24)19-11-29-22-18(19)8-15(26)9-20(22)27/h8-9,11-14,16-17,29H,3-7,10H2,1-2H3,(H,32,35)(H,30,31,33)/t13-,14-,16-,17+/m0/s1. The maximum atomic E-state index is 14.6. The molecule has 0 bridgehead atoms. The molecule has 2 fully saturated rings. The Labute approximate surface area is 201 Å². The number of hydrogen-bond donors (Lipinski definition) is 3. The van der Waals surface area contributed by atoms with Crippen LogP contribution in [0.4, 0.5) is 23.8 Å². The van der Waals surface area contributed by atoms with Crippen molar-refractivity contribution >= 4 is 22.8 Å². The predicted molar refractivity (Wildman–Crippen MR) is 127 cm³/mol. The van der Waals surface area contributed by atoms with Gasteiger partial charge in [0.25, 0.3) is 0 Å². The first-order valence-corrected chi connectivity index (χ1v) is 12.1. The molecule has 3 N–H and O–H groups in total. The summed E-state index contributed by atoms with van der Waals surface area (Å²) < 4.78 is 42.5. The van der Waals surface area contributed by atoms with Gasteiger partial charge in [0.2, 0.25) is 0 Å². The van der Waals surface area contributed by atoms with E-state index in [0.29, 0.717) is 12.0 Å². The highest BCUT2D eigenvalue weighted by Crippen LogP contribution is 2.31. The van der Waals surface area contributed by atoms with Gasteiger partial charge in [-0.3, -0.25) is 0 Å². The predicted octanol–water partition coefficient (Wildman–Crippen LogP) is 5.35. The zero-order chi connectivity index (χ0) is 24.7. The SMILES string of the molecule is C[C@H]1CC[C@H](C)N1C(=O)N[C@@H]1CCC[C@H](Nc2nc(-c3c[nH]c4c(F)cc(F)cc34)ncc2F)C1. The Balaban J connectivity index is 1.31. The lowest BCUT2D eigenvalue weighted by atomic mass is 9.91. The van der Waals surface area contributed by atoms with E-state index in [0.717, 1.165) is 44.4 Å². The summed E-state index contributed by atoms with van der Waals surface area (Å²) in [6, 6.07) is 2.30. The van der Waals surface area contributed by atoms with E-state index in [-0.39, 0.29) is 52.7 Å². The van der Waals surface area contributed by atoms with Crippen molar-refractivity contribution in [3.63, 3.8) is 0 Å². The molecule has 35 heavy (non-hydrogen) atoms. The van der Waals surface area contributed by atoms with E-state index in [1.165, 1.54) is 12.3 Å². The maximum absolute atomic E-state index is 14.6. The minimum atomic E-state index is -0.722. The first-order valence-electron chi connectivity index (χ1n) is 12.1. The van der Waals surface area contributed by atoms with E-state index >= 15 is 0 Å². The van der Waals surface area contributed by atoms with Crippen LogP contribution < -0.4 is 10.6 Å². The van der Waals surface area contributed by atoms with Crippen LogP contribution in [0.2, 0.25) is 0 Å². The lowest BCUT2D eigenvalue weighted by Crippen LogP contribution is -2.50. The number of aromatic amines is 1. The first kappa shape index (κ1) is 23.4. The normalized spacial score (nSPS) is 24.7. The third-order valence-corrected chi connectivity index (χ3v) is 7.22. The number of amides is 2. The maximum Gasteiger partial charge on any atom is 0.318 e. The Hall–Kier alpha value is -3.30. The van der Waals surface area contributed by atoms with Crippen molar-refractivity contribution in [1.82, 2.24) is 25.2 Å². The number of nitrogens with one attached hydrogen (secondary N) is 3. The van der Waals surface area contributed by atoms with Crippen LogP contribution in [0.25, 0.3) is 22.3 Å². The topological polar surface area (TPSA) is 85.9 Å². The fourth-order valence-corrected chi connectivity index (χ4v) is 5.43. The second-order valence-corrected chi connectivity index (χ2v) is 9.74. The van der Waals surface area contributed by atoms with E-state index in [1.807, 2.05) is 4.90 Å². The Kier molecular flexibility index (Phi) is 6.29. The van der Waals surface area contributed by atoms with E-state index in [4.69, 9.17) is 0 Å². The first-order chi connectivity index (χ1) is 16.8. The van der Waals surface area contributed by atoms with Gasteiger partial charge >= 0.3 is 6.03 Å². The molecule has 1 aromatic carbocycles. The quantitative estimate of drug-likeness (QED) is 0.464. The van der Waals surface area contributed by atoms with Crippen molar-refractivity contribution in [2.45, 2.75) is 76.5 Å². The zero-order valence-electron chi connectivity index (χ0n) is 19.7. The Morgan fingerprint density at radius 2 is 1.80 bits per heavy atom. The van der Waals surface area contributed by atoms with Gasteiger partial charge in [-0.25, -0.2) is 27.9 Å². The molecule has 7 nitrogen and oxygen atoms in total. The summed E-state index contributed by atoms with van der Waals surface area (Å²) in [6.07, 6.45) is 7.76. The Bertz CT molecular complexity index is 1240.